The average Bonchev–Trinajstić information content (AvgIpc) is 3.37. The van der Waals surface area contributed by atoms with E-state index in [0.29, 0.717) is 0 Å². The Balaban J connectivity index is 1.63. The Morgan fingerprint density at radius 3 is 2.11 bits per heavy atom. The highest BCUT2D eigenvalue weighted by atomic mass is 35.5. The molecule has 5 amide bonds. The summed E-state index contributed by atoms with van der Waals surface area (Å²) in [5.74, 6) is -24.3. The summed E-state index contributed by atoms with van der Waals surface area (Å²) in [6, 6.07) is 3.82. The number of alkyl halides is 2. The second-order valence-electron chi connectivity index (χ2n) is 11.1. The molecule has 0 spiro atoms. The highest BCUT2D eigenvalue weighted by Gasteiger charge is 2.77. The first-order valence-electron chi connectivity index (χ1n) is 13.4. The molecule has 0 aromatic heterocycles. The van der Waals surface area contributed by atoms with Gasteiger partial charge in [0.1, 0.15) is 17.2 Å². The molecule has 4 aliphatic rings. The van der Waals surface area contributed by atoms with Crippen molar-refractivity contribution in [2.24, 2.45) is 17.8 Å². The van der Waals surface area contributed by atoms with Crippen LogP contribution in [0.5, 0.6) is 11.5 Å². The van der Waals surface area contributed by atoms with Gasteiger partial charge in [-0.3, -0.25) is 19.2 Å². The van der Waals surface area contributed by atoms with Crippen molar-refractivity contribution in [3.05, 3.63) is 64.5 Å². The molecule has 0 radical (unpaired) electrons. The number of rotatable bonds is 3. The lowest BCUT2D eigenvalue weighted by Crippen LogP contribution is -2.60. The van der Waals surface area contributed by atoms with Gasteiger partial charge in [-0.1, -0.05) is 17.7 Å². The lowest BCUT2D eigenvalue weighted by atomic mass is 9.56. The van der Waals surface area contributed by atoms with Crippen LogP contribution in [0.3, 0.4) is 0 Å². The number of allylic oxidation sites excluding steroid dienone is 2. The van der Waals surface area contributed by atoms with Gasteiger partial charge < -0.3 is 14.6 Å². The first-order chi connectivity index (χ1) is 21.6. The molecule has 0 bridgehead atoms. The summed E-state index contributed by atoms with van der Waals surface area (Å²) in [6.45, 7) is 0. The number of hydrogen-bond acceptors (Lipinski definition) is 8. The minimum Gasteiger partial charge on any atom is -0.508 e. The third-order valence-electron chi connectivity index (χ3n) is 9.13. The van der Waals surface area contributed by atoms with Crippen molar-refractivity contribution < 1.29 is 60.5 Å². The summed E-state index contributed by atoms with van der Waals surface area (Å²) >= 11 is 14.0. The predicted molar refractivity (Wildman–Crippen MR) is 145 cm³/mol. The molecule has 2 aromatic rings. The van der Waals surface area contributed by atoms with Gasteiger partial charge in [0.25, 0.3) is 11.8 Å². The maximum absolute atomic E-state index is 15.1. The minimum atomic E-state index is -2.86. The molecule has 6 rings (SSSR count). The smallest absolute Gasteiger partial charge is 0.423 e. The van der Waals surface area contributed by atoms with Gasteiger partial charge in [0.05, 0.1) is 26.1 Å². The second-order valence-corrected chi connectivity index (χ2v) is 12.3. The standard InChI is InChI=1S/C29H19Cl2F5N2O8/c1-45-13-5-3-4-12(39)15(13)16-9-6-7-10-14(24(41)38(23(10)40)27(44)46-2)11(9)8-28(30)25(42)37(26(43)29(16,28)31)22-20(35)18(33)17(32)19(34)21(22)36/h3-6,10-11,14,16,39H,7-8H2,1-2H3/t10-,11+,14-,16+,28+,29-/m0/s1. The zero-order chi connectivity index (χ0) is 33.8. The lowest BCUT2D eigenvalue weighted by Gasteiger charge is -2.50. The Morgan fingerprint density at radius 1 is 0.913 bits per heavy atom. The van der Waals surface area contributed by atoms with E-state index in [4.69, 9.17) is 27.9 Å². The number of methoxy groups -OCH3 is 2. The van der Waals surface area contributed by atoms with E-state index >= 15 is 8.78 Å². The van der Waals surface area contributed by atoms with E-state index in [9.17, 15) is 42.3 Å². The summed E-state index contributed by atoms with van der Waals surface area (Å²) in [5.41, 5.74) is -2.16. The number of hydrogen-bond donors (Lipinski definition) is 1. The Kier molecular flexibility index (Phi) is 7.17. The Morgan fingerprint density at radius 2 is 1.52 bits per heavy atom. The molecule has 2 aromatic carbocycles. The molecule has 6 atom stereocenters. The number of aromatic hydroxyl groups is 1. The van der Waals surface area contributed by atoms with Crippen molar-refractivity contribution in [1.82, 2.24) is 4.90 Å². The zero-order valence-corrected chi connectivity index (χ0v) is 24.9. The van der Waals surface area contributed by atoms with E-state index in [1.807, 2.05) is 0 Å². The molecular formula is C29H19Cl2F5N2O8. The number of imide groups is 4. The van der Waals surface area contributed by atoms with Crippen LogP contribution in [0, 0.1) is 46.8 Å². The van der Waals surface area contributed by atoms with Gasteiger partial charge >= 0.3 is 6.09 Å². The largest absolute Gasteiger partial charge is 0.508 e. The van der Waals surface area contributed by atoms with Crippen molar-refractivity contribution in [3.63, 3.8) is 0 Å². The summed E-state index contributed by atoms with van der Waals surface area (Å²) in [7, 11) is 2.11. The lowest BCUT2D eigenvalue weighted by molar-refractivity contribution is -0.138. The van der Waals surface area contributed by atoms with Gasteiger partial charge in [-0.2, -0.15) is 4.90 Å². The van der Waals surface area contributed by atoms with Crippen molar-refractivity contribution >= 4 is 58.6 Å². The molecule has 46 heavy (non-hydrogen) atoms. The van der Waals surface area contributed by atoms with Crippen molar-refractivity contribution in [1.29, 1.82) is 0 Å². The molecule has 2 aliphatic heterocycles. The van der Waals surface area contributed by atoms with Crippen molar-refractivity contribution in [2.45, 2.75) is 28.5 Å². The molecule has 2 saturated heterocycles. The molecule has 2 heterocycles. The molecule has 3 fully saturated rings. The summed E-state index contributed by atoms with van der Waals surface area (Å²) in [5, 5.41) is 11.1. The van der Waals surface area contributed by atoms with Crippen molar-refractivity contribution in [3.8, 4) is 11.5 Å². The van der Waals surface area contributed by atoms with Gasteiger partial charge in [-0.15, -0.1) is 23.2 Å². The fourth-order valence-electron chi connectivity index (χ4n) is 7.16. The third kappa shape index (κ3) is 3.72. The maximum Gasteiger partial charge on any atom is 0.423 e. The van der Waals surface area contributed by atoms with E-state index in [1.165, 1.54) is 25.3 Å². The molecule has 1 N–H and O–H groups in total. The number of carbonyl (C=O) groups is 5. The highest BCUT2D eigenvalue weighted by Crippen LogP contribution is 2.67. The molecular weight excluding hydrogens is 670 g/mol. The zero-order valence-electron chi connectivity index (χ0n) is 23.4. The summed E-state index contributed by atoms with van der Waals surface area (Å²) < 4.78 is 82.7. The molecule has 1 saturated carbocycles. The first-order valence-corrected chi connectivity index (χ1v) is 14.1. The van der Waals surface area contributed by atoms with Crippen LogP contribution in [0.1, 0.15) is 24.3 Å². The van der Waals surface area contributed by atoms with Crippen LogP contribution >= 0.6 is 23.2 Å². The number of phenols is 1. The third-order valence-corrected chi connectivity index (χ3v) is 10.5. The van der Waals surface area contributed by atoms with Crippen molar-refractivity contribution in [2.75, 3.05) is 19.1 Å². The number of benzene rings is 2. The number of carbonyl (C=O) groups excluding carboxylic acids is 5. The quantitative estimate of drug-likeness (QED) is 0.125. The number of fused-ring (bicyclic) bond motifs is 4. The van der Waals surface area contributed by atoms with Gasteiger partial charge in [0.2, 0.25) is 17.6 Å². The van der Waals surface area contributed by atoms with Crippen LogP contribution in [0.2, 0.25) is 0 Å². The number of likely N-dealkylation sites (tertiary alicyclic amines) is 1. The highest BCUT2D eigenvalue weighted by molar-refractivity contribution is 6.58. The Labute approximate surface area is 265 Å². The van der Waals surface area contributed by atoms with Crippen LogP contribution < -0.4 is 9.64 Å². The van der Waals surface area contributed by atoms with Crippen LogP contribution in [0.4, 0.5) is 32.4 Å². The number of phenolic OH excluding ortho intramolecular Hbond substituents is 1. The summed E-state index contributed by atoms with van der Waals surface area (Å²) in [6.07, 6.45) is -0.903. The predicted octanol–water partition coefficient (Wildman–Crippen LogP) is 4.43. The maximum atomic E-state index is 15.1. The van der Waals surface area contributed by atoms with Gasteiger partial charge in [0, 0.05) is 11.5 Å². The van der Waals surface area contributed by atoms with E-state index in [2.05, 4.69) is 4.74 Å². The molecule has 242 valence electrons. The summed E-state index contributed by atoms with van der Waals surface area (Å²) in [4.78, 5) is 61.7. The fraction of sp³-hybridized carbons (Fsp3) is 0.345. The van der Waals surface area contributed by atoms with Crippen LogP contribution in [0.15, 0.2) is 29.8 Å². The number of anilines is 1. The van der Waals surface area contributed by atoms with E-state index in [1.54, 1.807) is 0 Å². The number of amides is 5. The van der Waals surface area contributed by atoms with Gasteiger partial charge in [-0.05, 0) is 30.9 Å². The number of nitrogens with zero attached hydrogens (tertiary/aromatic N) is 2. The topological polar surface area (TPSA) is 131 Å². The normalized spacial score (nSPS) is 30.2. The van der Waals surface area contributed by atoms with E-state index in [-0.39, 0.29) is 33.1 Å². The molecule has 2 aliphatic carbocycles. The second kappa shape index (κ2) is 10.4. The minimum absolute atomic E-state index is 0.0561. The van der Waals surface area contributed by atoms with Crippen LogP contribution in [-0.2, 0) is 23.9 Å². The average molecular weight is 689 g/mol. The molecule has 0 unspecified atom stereocenters. The fourth-order valence-corrected chi connectivity index (χ4v) is 8.07. The Hall–Kier alpha value is -4.24. The molecule has 10 nitrogen and oxygen atoms in total. The Bertz CT molecular complexity index is 1810. The first kappa shape index (κ1) is 31.7. The number of halogens is 7. The monoisotopic (exact) mass is 688 g/mol. The SMILES string of the molecule is COC(=O)N1C(=O)[C@H]2[C@H](CC=C3[C@H]2C[C@@]2(Cl)C(=O)N(c4c(F)c(F)c(F)c(F)c4F)C(=O)[C@@]2(Cl)[C@H]3c2c(O)cccc2OC)C1=O. The van der Waals surface area contributed by atoms with E-state index < -0.39 is 110 Å². The van der Waals surface area contributed by atoms with Gasteiger partial charge in [0.15, 0.2) is 33.0 Å². The molecule has 17 heteroatoms. The van der Waals surface area contributed by atoms with E-state index in [0.717, 1.165) is 13.2 Å². The van der Waals surface area contributed by atoms with Gasteiger partial charge in [-0.25, -0.2) is 31.6 Å². The van der Waals surface area contributed by atoms with Crippen LogP contribution in [-0.4, -0.2) is 63.7 Å². The van der Waals surface area contributed by atoms with Crippen LogP contribution in [0.25, 0.3) is 0 Å². The number of ether oxygens (including phenoxy) is 2.